The van der Waals surface area contributed by atoms with Crippen molar-refractivity contribution >= 4 is 24.2 Å². The molecule has 156 valence electrons. The van der Waals surface area contributed by atoms with Gasteiger partial charge >= 0.3 is 0 Å². The van der Waals surface area contributed by atoms with Crippen LogP contribution in [0.2, 0.25) is 0 Å². The first-order valence-electron chi connectivity index (χ1n) is 9.81. The maximum absolute atomic E-state index is 12.9. The number of benzene rings is 1. The van der Waals surface area contributed by atoms with Gasteiger partial charge < -0.3 is 16.0 Å². The van der Waals surface area contributed by atoms with Crippen LogP contribution in [0.3, 0.4) is 0 Å². The van der Waals surface area contributed by atoms with Gasteiger partial charge in [-0.15, -0.1) is 17.5 Å². The zero-order valence-corrected chi connectivity index (χ0v) is 17.3. The minimum Gasteiger partial charge on any atom is -0.351 e. The molecule has 1 aromatic carbocycles. The predicted molar refractivity (Wildman–Crippen MR) is 111 cm³/mol. The Morgan fingerprint density at radius 3 is 2.59 bits per heavy atom. The number of halogens is 1. The minimum atomic E-state index is -0.163. The number of amides is 2. The number of nitrogens with one attached hydrogen (secondary N) is 1. The molecular formula is C20H27ClN6O2. The summed E-state index contributed by atoms with van der Waals surface area (Å²) in [4.78, 5) is 27.1. The van der Waals surface area contributed by atoms with E-state index < -0.39 is 0 Å². The lowest BCUT2D eigenvalue weighted by Crippen LogP contribution is -2.41. The molecule has 1 aromatic heterocycles. The molecular weight excluding hydrogens is 392 g/mol. The third kappa shape index (κ3) is 4.76. The van der Waals surface area contributed by atoms with Gasteiger partial charge in [0, 0.05) is 31.5 Å². The van der Waals surface area contributed by atoms with Gasteiger partial charge in [-0.05, 0) is 25.3 Å². The standard InChI is InChI=1S/C20H26N6O2.ClH/c1-13-2-4-14(5-3-13)16-10-25(11-17(16)22-19(27)15-6-7-15)20(28)18-12-26(9-8-21)24-23-18;/h2-5,12,15-17H,6-11,21H2,1H3,(H,22,27);1H/t16-,17+;/m0./s1. The number of nitrogens with two attached hydrogens (primary N) is 1. The first-order chi connectivity index (χ1) is 13.5. The molecule has 8 nitrogen and oxygen atoms in total. The van der Waals surface area contributed by atoms with E-state index >= 15 is 0 Å². The van der Waals surface area contributed by atoms with Gasteiger partial charge in [-0.25, -0.2) is 0 Å². The lowest BCUT2D eigenvalue weighted by molar-refractivity contribution is -0.123. The maximum atomic E-state index is 12.9. The van der Waals surface area contributed by atoms with Crippen LogP contribution in [0.5, 0.6) is 0 Å². The van der Waals surface area contributed by atoms with Crippen LogP contribution in [0.1, 0.15) is 40.4 Å². The topological polar surface area (TPSA) is 106 Å². The molecule has 2 aliphatic rings. The van der Waals surface area contributed by atoms with E-state index in [1.54, 1.807) is 15.8 Å². The molecule has 2 aromatic rings. The van der Waals surface area contributed by atoms with Crippen molar-refractivity contribution in [2.45, 2.75) is 38.3 Å². The van der Waals surface area contributed by atoms with E-state index in [0.717, 1.165) is 18.4 Å². The Morgan fingerprint density at radius 2 is 1.93 bits per heavy atom. The molecule has 2 heterocycles. The van der Waals surface area contributed by atoms with E-state index in [4.69, 9.17) is 5.73 Å². The Balaban J connectivity index is 0.00000240. The first-order valence-corrected chi connectivity index (χ1v) is 9.81. The summed E-state index contributed by atoms with van der Waals surface area (Å²) in [5.41, 5.74) is 8.16. The Labute approximate surface area is 176 Å². The van der Waals surface area contributed by atoms with Crippen LogP contribution in [0, 0.1) is 12.8 Å². The fraction of sp³-hybridized carbons (Fsp3) is 0.500. The Morgan fingerprint density at radius 1 is 1.21 bits per heavy atom. The van der Waals surface area contributed by atoms with Gasteiger partial charge in [-0.1, -0.05) is 35.0 Å². The zero-order chi connectivity index (χ0) is 19.7. The van der Waals surface area contributed by atoms with Crippen LogP contribution in [-0.2, 0) is 11.3 Å². The summed E-state index contributed by atoms with van der Waals surface area (Å²) < 4.78 is 1.58. The molecule has 29 heavy (non-hydrogen) atoms. The van der Waals surface area contributed by atoms with Gasteiger partial charge in [-0.3, -0.25) is 14.3 Å². The normalized spacial score (nSPS) is 21.0. The van der Waals surface area contributed by atoms with Crippen LogP contribution >= 0.6 is 12.4 Å². The first kappa shape index (κ1) is 21.3. The molecule has 1 saturated heterocycles. The van der Waals surface area contributed by atoms with Crippen molar-refractivity contribution in [1.82, 2.24) is 25.2 Å². The van der Waals surface area contributed by atoms with Crippen molar-refractivity contribution in [2.75, 3.05) is 19.6 Å². The number of aryl methyl sites for hydroxylation is 1. The summed E-state index contributed by atoms with van der Waals surface area (Å²) in [7, 11) is 0. The van der Waals surface area contributed by atoms with E-state index in [1.807, 2.05) is 6.92 Å². The average molecular weight is 419 g/mol. The van der Waals surface area contributed by atoms with Gasteiger partial charge in [0.15, 0.2) is 5.69 Å². The van der Waals surface area contributed by atoms with E-state index in [-0.39, 0.29) is 42.1 Å². The highest BCUT2D eigenvalue weighted by Crippen LogP contribution is 2.32. The van der Waals surface area contributed by atoms with Gasteiger partial charge in [0.05, 0.1) is 18.8 Å². The molecule has 0 bridgehead atoms. The maximum Gasteiger partial charge on any atom is 0.276 e. The number of carbonyl (C=O) groups is 2. The molecule has 2 amide bonds. The smallest absolute Gasteiger partial charge is 0.276 e. The third-order valence-electron chi connectivity index (χ3n) is 5.50. The number of aromatic nitrogens is 3. The number of hydrogen-bond donors (Lipinski definition) is 2. The highest BCUT2D eigenvalue weighted by Gasteiger charge is 2.40. The molecule has 0 radical (unpaired) electrons. The summed E-state index contributed by atoms with van der Waals surface area (Å²) in [6.07, 6.45) is 3.55. The molecule has 1 saturated carbocycles. The zero-order valence-electron chi connectivity index (χ0n) is 16.5. The van der Waals surface area contributed by atoms with Crippen molar-refractivity contribution in [3.8, 4) is 0 Å². The van der Waals surface area contributed by atoms with Crippen molar-refractivity contribution in [3.05, 3.63) is 47.3 Å². The van der Waals surface area contributed by atoms with E-state index in [0.29, 0.717) is 31.9 Å². The monoisotopic (exact) mass is 418 g/mol. The highest BCUT2D eigenvalue weighted by atomic mass is 35.5. The van der Waals surface area contributed by atoms with Crippen LogP contribution in [0.25, 0.3) is 0 Å². The molecule has 1 aliphatic carbocycles. The second-order valence-corrected chi connectivity index (χ2v) is 7.77. The highest BCUT2D eigenvalue weighted by molar-refractivity contribution is 5.92. The minimum absolute atomic E-state index is 0. The quantitative estimate of drug-likeness (QED) is 0.730. The molecule has 4 rings (SSSR count). The number of hydrogen-bond acceptors (Lipinski definition) is 5. The van der Waals surface area contributed by atoms with Crippen molar-refractivity contribution in [1.29, 1.82) is 0 Å². The van der Waals surface area contributed by atoms with Gasteiger partial charge in [0.25, 0.3) is 5.91 Å². The van der Waals surface area contributed by atoms with Crippen molar-refractivity contribution in [3.63, 3.8) is 0 Å². The molecule has 0 spiro atoms. The third-order valence-corrected chi connectivity index (χ3v) is 5.50. The summed E-state index contributed by atoms with van der Waals surface area (Å²) in [6, 6.07) is 8.21. The largest absolute Gasteiger partial charge is 0.351 e. The second kappa shape index (κ2) is 8.92. The molecule has 0 unspecified atom stereocenters. The Bertz CT molecular complexity index is 864. The van der Waals surface area contributed by atoms with Crippen LogP contribution in [0.4, 0.5) is 0 Å². The van der Waals surface area contributed by atoms with Gasteiger partial charge in [-0.2, -0.15) is 0 Å². The van der Waals surface area contributed by atoms with E-state index in [1.165, 1.54) is 5.56 Å². The van der Waals surface area contributed by atoms with Crippen LogP contribution in [0.15, 0.2) is 30.5 Å². The molecule has 3 N–H and O–H groups in total. The van der Waals surface area contributed by atoms with E-state index in [2.05, 4.69) is 39.9 Å². The van der Waals surface area contributed by atoms with Crippen molar-refractivity contribution < 1.29 is 9.59 Å². The molecule has 1 aliphatic heterocycles. The summed E-state index contributed by atoms with van der Waals surface area (Å²) in [5.74, 6) is 0.139. The number of rotatable bonds is 6. The lowest BCUT2D eigenvalue weighted by atomic mass is 9.93. The lowest BCUT2D eigenvalue weighted by Gasteiger charge is -2.20. The predicted octanol–water partition coefficient (Wildman–Crippen LogP) is 1.10. The molecule has 9 heteroatoms. The average Bonchev–Trinajstić information content (AvgIpc) is 3.31. The van der Waals surface area contributed by atoms with Gasteiger partial charge in [0.1, 0.15) is 0 Å². The Hall–Kier alpha value is -2.45. The van der Waals surface area contributed by atoms with Crippen molar-refractivity contribution in [2.24, 2.45) is 11.7 Å². The second-order valence-electron chi connectivity index (χ2n) is 7.77. The Kier molecular flexibility index (Phi) is 6.54. The number of likely N-dealkylation sites (tertiary alicyclic amines) is 1. The number of carbonyl (C=O) groups excluding carboxylic acids is 2. The molecule has 2 fully saturated rings. The van der Waals surface area contributed by atoms with Crippen LogP contribution < -0.4 is 11.1 Å². The van der Waals surface area contributed by atoms with Gasteiger partial charge in [0.2, 0.25) is 5.91 Å². The molecule has 2 atom stereocenters. The SMILES string of the molecule is Cc1ccc([C@@H]2CN(C(=O)c3cn(CCN)nn3)C[C@H]2NC(=O)C2CC2)cc1.Cl. The summed E-state index contributed by atoms with van der Waals surface area (Å²) in [6.45, 7) is 4.02. The fourth-order valence-electron chi connectivity index (χ4n) is 3.71. The number of nitrogens with zero attached hydrogens (tertiary/aromatic N) is 4. The summed E-state index contributed by atoms with van der Waals surface area (Å²) in [5, 5.41) is 11.1. The van der Waals surface area contributed by atoms with E-state index in [9.17, 15) is 9.59 Å². The van der Waals surface area contributed by atoms with Crippen LogP contribution in [-0.4, -0.2) is 57.4 Å². The summed E-state index contributed by atoms with van der Waals surface area (Å²) >= 11 is 0. The fourth-order valence-corrected chi connectivity index (χ4v) is 3.71.